The number of rotatable bonds is 9. The van der Waals surface area contributed by atoms with Crippen LogP contribution in [0.3, 0.4) is 0 Å². The smallest absolute Gasteiger partial charge is 0.227 e. The van der Waals surface area contributed by atoms with Crippen LogP contribution >= 0.6 is 11.8 Å². The summed E-state index contributed by atoms with van der Waals surface area (Å²) in [7, 11) is 0. The van der Waals surface area contributed by atoms with Gasteiger partial charge in [0, 0.05) is 41.8 Å². The van der Waals surface area contributed by atoms with Gasteiger partial charge in [-0.05, 0) is 18.1 Å². The summed E-state index contributed by atoms with van der Waals surface area (Å²) in [5, 5.41) is 9.31. The van der Waals surface area contributed by atoms with Crippen LogP contribution in [0.4, 0.5) is 4.39 Å². The van der Waals surface area contributed by atoms with Crippen molar-refractivity contribution in [1.29, 1.82) is 0 Å². The van der Waals surface area contributed by atoms with Crippen LogP contribution in [0.25, 0.3) is 0 Å². The van der Waals surface area contributed by atoms with Crippen LogP contribution in [0.15, 0.2) is 47.6 Å². The molecule has 9 heteroatoms. The van der Waals surface area contributed by atoms with Gasteiger partial charge in [0.15, 0.2) is 5.16 Å². The Morgan fingerprint density at radius 2 is 2.06 bits per heavy atom. The quantitative estimate of drug-likeness (QED) is 0.466. The average Bonchev–Trinajstić information content (AvgIpc) is 3.17. The van der Waals surface area contributed by atoms with Crippen molar-refractivity contribution in [3.63, 3.8) is 0 Å². The summed E-state index contributed by atoms with van der Waals surface area (Å²) < 4.78 is 28.3. The molecule has 7 nitrogen and oxygen atoms in total. The van der Waals surface area contributed by atoms with E-state index in [1.165, 1.54) is 23.9 Å². The highest BCUT2D eigenvalue weighted by Crippen LogP contribution is 2.38. The Kier molecular flexibility index (Phi) is 7.29. The van der Waals surface area contributed by atoms with Crippen LogP contribution in [0.2, 0.25) is 0 Å². The van der Waals surface area contributed by atoms with Crippen LogP contribution in [-0.4, -0.2) is 20.7 Å². The molecule has 2 aromatic carbocycles. The van der Waals surface area contributed by atoms with E-state index in [0.29, 0.717) is 41.1 Å². The molecule has 1 aromatic heterocycles. The second-order valence-corrected chi connectivity index (χ2v) is 9.33. The number of carbonyl (C=O) groups is 1. The summed E-state index contributed by atoms with van der Waals surface area (Å²) in [6, 6.07) is 12.6. The van der Waals surface area contributed by atoms with Crippen molar-refractivity contribution in [3.8, 4) is 5.75 Å². The van der Waals surface area contributed by atoms with Crippen LogP contribution in [-0.2, 0) is 34.9 Å². The third-order valence-corrected chi connectivity index (χ3v) is 6.20. The van der Waals surface area contributed by atoms with E-state index in [9.17, 15) is 9.18 Å². The van der Waals surface area contributed by atoms with Gasteiger partial charge in [0.2, 0.25) is 12.2 Å². The molecule has 3 aromatic rings. The zero-order valence-electron chi connectivity index (χ0n) is 18.7. The number of hydrogen-bond acceptors (Lipinski definition) is 6. The number of amides is 1. The van der Waals surface area contributed by atoms with Crippen molar-refractivity contribution in [2.75, 3.05) is 0 Å². The van der Waals surface area contributed by atoms with E-state index < -0.39 is 6.29 Å². The molecule has 174 valence electrons. The Hall–Kier alpha value is -2.91. The molecule has 0 bridgehead atoms. The predicted molar refractivity (Wildman–Crippen MR) is 123 cm³/mol. The molecule has 2 heterocycles. The van der Waals surface area contributed by atoms with Gasteiger partial charge in [-0.2, -0.15) is 0 Å². The van der Waals surface area contributed by atoms with Gasteiger partial charge in [0.25, 0.3) is 0 Å². The maximum absolute atomic E-state index is 14.3. The summed E-state index contributed by atoms with van der Waals surface area (Å²) in [5.41, 5.74) is 7.63. The first-order valence-corrected chi connectivity index (χ1v) is 11.9. The van der Waals surface area contributed by atoms with Crippen molar-refractivity contribution < 1.29 is 18.7 Å². The second-order valence-electron chi connectivity index (χ2n) is 8.38. The Morgan fingerprint density at radius 1 is 1.27 bits per heavy atom. The topological polar surface area (TPSA) is 92.3 Å². The maximum Gasteiger partial charge on any atom is 0.227 e. The van der Waals surface area contributed by atoms with Gasteiger partial charge in [0.05, 0.1) is 6.61 Å². The molecular formula is C24H27FN4O3S. The molecule has 1 unspecified atom stereocenters. The van der Waals surface area contributed by atoms with Gasteiger partial charge in [0.1, 0.15) is 17.4 Å². The molecule has 0 spiro atoms. The number of primary amides is 1. The van der Waals surface area contributed by atoms with E-state index in [4.69, 9.17) is 15.2 Å². The molecule has 0 fully saturated rings. The highest BCUT2D eigenvalue weighted by molar-refractivity contribution is 7.98. The van der Waals surface area contributed by atoms with E-state index >= 15 is 0 Å². The van der Waals surface area contributed by atoms with Crippen molar-refractivity contribution >= 4 is 17.7 Å². The van der Waals surface area contributed by atoms with E-state index in [1.54, 1.807) is 0 Å². The molecule has 1 atom stereocenters. The minimum atomic E-state index is -0.544. The molecule has 33 heavy (non-hydrogen) atoms. The lowest BCUT2D eigenvalue weighted by Crippen LogP contribution is -2.19. The zero-order valence-corrected chi connectivity index (χ0v) is 19.5. The third-order valence-electron chi connectivity index (χ3n) is 5.19. The molecular weight excluding hydrogens is 443 g/mol. The zero-order chi connectivity index (χ0) is 23.4. The Morgan fingerprint density at radius 3 is 2.79 bits per heavy atom. The monoisotopic (exact) mass is 470 g/mol. The van der Waals surface area contributed by atoms with Gasteiger partial charge in [-0.15, -0.1) is 10.2 Å². The normalized spacial score (nSPS) is 15.3. The van der Waals surface area contributed by atoms with Crippen LogP contribution < -0.4 is 10.5 Å². The number of thioether (sulfide) groups is 1. The lowest BCUT2D eigenvalue weighted by molar-refractivity contribution is -0.118. The van der Waals surface area contributed by atoms with Gasteiger partial charge in [-0.25, -0.2) is 4.39 Å². The molecule has 0 saturated carbocycles. The molecule has 1 aliphatic heterocycles. The predicted octanol–water partition coefficient (Wildman–Crippen LogP) is 4.39. The van der Waals surface area contributed by atoms with E-state index in [0.717, 1.165) is 17.0 Å². The third kappa shape index (κ3) is 5.72. The van der Waals surface area contributed by atoms with Gasteiger partial charge >= 0.3 is 0 Å². The summed E-state index contributed by atoms with van der Waals surface area (Å²) in [5.74, 6) is 1.48. The fourth-order valence-electron chi connectivity index (χ4n) is 3.70. The van der Waals surface area contributed by atoms with Crippen molar-refractivity contribution in [1.82, 2.24) is 14.8 Å². The Balaban J connectivity index is 1.56. The van der Waals surface area contributed by atoms with Crippen LogP contribution in [0.1, 0.15) is 49.1 Å². The number of hydrogen-bond donors (Lipinski definition) is 1. The molecule has 1 aliphatic rings. The maximum atomic E-state index is 14.3. The molecule has 1 amide bonds. The highest BCUT2D eigenvalue weighted by atomic mass is 32.2. The number of ether oxygens (including phenoxy) is 2. The number of aromatic nitrogens is 3. The van der Waals surface area contributed by atoms with Crippen molar-refractivity contribution in [2.24, 2.45) is 11.7 Å². The molecule has 4 rings (SSSR count). The minimum Gasteiger partial charge on any atom is -0.460 e. The first kappa shape index (κ1) is 23.3. The summed E-state index contributed by atoms with van der Waals surface area (Å²) in [4.78, 5) is 11.2. The lowest BCUT2D eigenvalue weighted by atomic mass is 10.1. The number of fused-ring (bicyclic) bond motifs is 1. The summed E-state index contributed by atoms with van der Waals surface area (Å²) in [6.07, 6.45) is 0.106. The van der Waals surface area contributed by atoms with E-state index in [1.807, 2.05) is 34.9 Å². The fourth-order valence-corrected chi connectivity index (χ4v) is 4.63. The fraction of sp³-hybridized carbons (Fsp3) is 0.375. The van der Waals surface area contributed by atoms with Crippen molar-refractivity contribution in [3.05, 3.63) is 70.8 Å². The first-order chi connectivity index (χ1) is 15.9. The number of halogens is 1. The van der Waals surface area contributed by atoms with E-state index in [-0.39, 0.29) is 24.8 Å². The largest absolute Gasteiger partial charge is 0.460 e. The molecule has 0 aliphatic carbocycles. The van der Waals surface area contributed by atoms with E-state index in [2.05, 4.69) is 24.0 Å². The number of carbonyl (C=O) groups excluding carboxylic acids is 1. The molecule has 2 N–H and O–H groups in total. The van der Waals surface area contributed by atoms with Crippen LogP contribution in [0.5, 0.6) is 5.75 Å². The SMILES string of the molecule is CC(C)Cn1c(CCC(N)=O)nnc1SCc1cc(F)cc2c1OC(c1ccccc1)OC2. The van der Waals surface area contributed by atoms with Gasteiger partial charge < -0.3 is 19.8 Å². The van der Waals surface area contributed by atoms with Gasteiger partial charge in [-0.3, -0.25) is 4.79 Å². The Bertz CT molecular complexity index is 1120. The highest BCUT2D eigenvalue weighted by Gasteiger charge is 2.25. The Labute approximate surface area is 196 Å². The van der Waals surface area contributed by atoms with Crippen LogP contribution in [0, 0.1) is 11.7 Å². The van der Waals surface area contributed by atoms with Gasteiger partial charge in [-0.1, -0.05) is 55.9 Å². The second kappa shape index (κ2) is 10.4. The number of nitrogens with zero attached hydrogens (tertiary/aromatic N) is 3. The molecule has 0 saturated heterocycles. The standard InChI is InChI=1S/C24H27FN4O3S/c1-15(2)12-29-21(9-8-20(26)30)27-28-24(29)33-14-18-11-19(25)10-17-13-31-23(32-22(17)18)16-6-4-3-5-7-16/h3-7,10-11,15,23H,8-9,12-14H2,1-2H3,(H2,26,30). The number of nitrogens with two attached hydrogens (primary N) is 1. The number of aryl methyl sites for hydroxylation is 1. The average molecular weight is 471 g/mol. The summed E-state index contributed by atoms with van der Waals surface area (Å²) in [6.45, 7) is 5.19. The first-order valence-electron chi connectivity index (χ1n) is 10.9. The van der Waals surface area contributed by atoms with Crippen molar-refractivity contribution in [2.45, 2.75) is 57.0 Å². The number of benzene rings is 2. The summed E-state index contributed by atoms with van der Waals surface area (Å²) >= 11 is 1.46. The lowest BCUT2D eigenvalue weighted by Gasteiger charge is -2.28. The molecule has 0 radical (unpaired) electrons. The minimum absolute atomic E-state index is 0.215.